The number of Topliss-reactive ketones (excluding diaryl/α,β-unsaturated/α-hetero) is 1. The molecule has 15 heavy (non-hydrogen) atoms. The van der Waals surface area contributed by atoms with E-state index in [4.69, 9.17) is 0 Å². The Kier molecular flexibility index (Phi) is 6.02. The molecule has 1 amide bonds. The van der Waals surface area contributed by atoms with E-state index in [1.54, 1.807) is 26.0 Å². The third-order valence-electron chi connectivity index (χ3n) is 1.78. The van der Waals surface area contributed by atoms with Crippen molar-refractivity contribution in [1.82, 2.24) is 5.32 Å². The molecule has 0 aliphatic rings. The first-order valence-corrected chi connectivity index (χ1v) is 4.79. The van der Waals surface area contributed by atoms with Crippen molar-refractivity contribution in [1.29, 1.82) is 0 Å². The highest BCUT2D eigenvalue weighted by molar-refractivity contribution is 5.99. The Balaban J connectivity index is 4.25. The van der Waals surface area contributed by atoms with Crippen LogP contribution in [0.3, 0.4) is 0 Å². The zero-order valence-corrected chi connectivity index (χ0v) is 9.25. The zero-order valence-electron chi connectivity index (χ0n) is 9.25. The molecule has 0 aromatic rings. The van der Waals surface area contributed by atoms with Crippen LogP contribution < -0.4 is 5.32 Å². The summed E-state index contributed by atoms with van der Waals surface area (Å²) in [4.78, 5) is 22.6. The molecule has 0 aromatic carbocycles. The maximum atomic E-state index is 11.3. The van der Waals surface area contributed by atoms with Crippen molar-refractivity contribution in [3.63, 3.8) is 0 Å². The Bertz CT molecular complexity index is 301. The normalized spacial score (nSPS) is 11.0. The van der Waals surface area contributed by atoms with Gasteiger partial charge in [-0.3, -0.25) is 9.59 Å². The van der Waals surface area contributed by atoms with E-state index >= 15 is 0 Å². The zero-order chi connectivity index (χ0) is 11.8. The van der Waals surface area contributed by atoms with Gasteiger partial charge in [-0.2, -0.15) is 0 Å². The smallest absolute Gasteiger partial charge is 0.231 e. The number of allylic oxidation sites excluding steroid dienone is 3. The van der Waals surface area contributed by atoms with Crippen LogP contribution in [0, 0.1) is 5.92 Å². The number of rotatable bonds is 6. The molecule has 0 aromatic heterocycles. The van der Waals surface area contributed by atoms with Crippen molar-refractivity contribution >= 4 is 11.7 Å². The Morgan fingerprint density at radius 2 is 1.93 bits per heavy atom. The summed E-state index contributed by atoms with van der Waals surface area (Å²) in [6, 6.07) is 0. The monoisotopic (exact) mass is 207 g/mol. The molecule has 0 saturated heterocycles. The van der Waals surface area contributed by atoms with Gasteiger partial charge in [-0.25, -0.2) is 0 Å². The molecule has 3 heteroatoms. The molecule has 1 N–H and O–H groups in total. The van der Waals surface area contributed by atoms with E-state index < -0.39 is 0 Å². The van der Waals surface area contributed by atoms with Crippen molar-refractivity contribution in [2.75, 3.05) is 0 Å². The molecular weight excluding hydrogens is 190 g/mol. The number of carbonyl (C=O) groups is 2. The maximum absolute atomic E-state index is 11.3. The summed E-state index contributed by atoms with van der Waals surface area (Å²) in [5.74, 6) is -0.512. The van der Waals surface area contributed by atoms with Crippen LogP contribution >= 0.6 is 0 Å². The summed E-state index contributed by atoms with van der Waals surface area (Å²) < 4.78 is 0. The summed E-state index contributed by atoms with van der Waals surface area (Å²) in [6.45, 7) is 10.6. The first-order valence-electron chi connectivity index (χ1n) is 4.79. The standard InChI is InChI=1S/C12H17NO2/c1-5-7-10(6-2)13-12(15)8-11(14)9(3)4/h5-7,9H,1-2,8H2,3-4H3,(H,13,15)/b10-7+. The van der Waals surface area contributed by atoms with E-state index in [2.05, 4.69) is 18.5 Å². The lowest BCUT2D eigenvalue weighted by molar-refractivity contribution is -0.129. The van der Waals surface area contributed by atoms with Crippen molar-refractivity contribution in [2.45, 2.75) is 20.3 Å². The van der Waals surface area contributed by atoms with Gasteiger partial charge in [-0.15, -0.1) is 0 Å². The fourth-order valence-corrected chi connectivity index (χ4v) is 0.855. The van der Waals surface area contributed by atoms with Crippen LogP contribution in [-0.4, -0.2) is 11.7 Å². The third kappa shape index (κ3) is 5.62. The van der Waals surface area contributed by atoms with Gasteiger partial charge in [0.25, 0.3) is 0 Å². The highest BCUT2D eigenvalue weighted by Gasteiger charge is 2.12. The summed E-state index contributed by atoms with van der Waals surface area (Å²) in [5.41, 5.74) is 0.548. The van der Waals surface area contributed by atoms with E-state index in [9.17, 15) is 9.59 Å². The second-order valence-electron chi connectivity index (χ2n) is 3.41. The molecule has 0 aliphatic carbocycles. The quantitative estimate of drug-likeness (QED) is 0.534. The highest BCUT2D eigenvalue weighted by atomic mass is 16.2. The molecule has 0 aliphatic heterocycles. The van der Waals surface area contributed by atoms with Gasteiger partial charge in [0.1, 0.15) is 5.78 Å². The van der Waals surface area contributed by atoms with Crippen molar-refractivity contribution in [2.24, 2.45) is 5.92 Å². The van der Waals surface area contributed by atoms with Crippen LogP contribution in [0.5, 0.6) is 0 Å². The number of hydrogen-bond donors (Lipinski definition) is 1. The average Bonchev–Trinajstić information content (AvgIpc) is 2.16. The number of carbonyl (C=O) groups excluding carboxylic acids is 2. The molecule has 0 heterocycles. The van der Waals surface area contributed by atoms with Crippen LogP contribution in [-0.2, 0) is 9.59 Å². The van der Waals surface area contributed by atoms with E-state index in [0.717, 1.165) is 0 Å². The van der Waals surface area contributed by atoms with Gasteiger partial charge in [0, 0.05) is 11.6 Å². The molecule has 0 fully saturated rings. The Morgan fingerprint density at radius 3 is 2.33 bits per heavy atom. The molecule has 0 radical (unpaired) electrons. The number of hydrogen-bond acceptors (Lipinski definition) is 2. The molecule has 3 nitrogen and oxygen atoms in total. The molecule has 0 saturated carbocycles. The summed E-state index contributed by atoms with van der Waals surface area (Å²) >= 11 is 0. The van der Waals surface area contributed by atoms with Crippen LogP contribution in [0.25, 0.3) is 0 Å². The van der Waals surface area contributed by atoms with E-state index in [1.807, 2.05) is 0 Å². The molecule has 0 bridgehead atoms. The lowest BCUT2D eigenvalue weighted by Crippen LogP contribution is -2.25. The predicted octanol–water partition coefficient (Wildman–Crippen LogP) is 1.97. The van der Waals surface area contributed by atoms with Gasteiger partial charge in [0.2, 0.25) is 5.91 Å². The van der Waals surface area contributed by atoms with Gasteiger partial charge in [-0.1, -0.05) is 33.1 Å². The van der Waals surface area contributed by atoms with Crippen LogP contribution in [0.2, 0.25) is 0 Å². The Morgan fingerprint density at radius 1 is 1.33 bits per heavy atom. The fourth-order valence-electron chi connectivity index (χ4n) is 0.855. The van der Waals surface area contributed by atoms with Crippen LogP contribution in [0.4, 0.5) is 0 Å². The average molecular weight is 207 g/mol. The first kappa shape index (κ1) is 13.4. The SMILES string of the molecule is C=C/C=C(\C=C)NC(=O)CC(=O)C(C)C. The minimum absolute atomic E-state index is 0.0745. The molecular formula is C12H17NO2. The fraction of sp³-hybridized carbons (Fsp3) is 0.333. The van der Waals surface area contributed by atoms with Gasteiger partial charge in [0.05, 0.1) is 6.42 Å². The summed E-state index contributed by atoms with van der Waals surface area (Å²) in [7, 11) is 0. The second-order valence-corrected chi connectivity index (χ2v) is 3.41. The minimum Gasteiger partial charge on any atom is -0.326 e. The molecule has 0 atom stereocenters. The third-order valence-corrected chi connectivity index (χ3v) is 1.78. The molecule has 82 valence electrons. The predicted molar refractivity (Wildman–Crippen MR) is 61.1 cm³/mol. The van der Waals surface area contributed by atoms with Crippen molar-refractivity contribution in [3.05, 3.63) is 37.1 Å². The van der Waals surface area contributed by atoms with Gasteiger partial charge in [0.15, 0.2) is 0 Å². The van der Waals surface area contributed by atoms with E-state index in [0.29, 0.717) is 5.70 Å². The number of ketones is 1. The Labute approximate surface area is 90.6 Å². The first-order chi connectivity index (χ1) is 7.01. The van der Waals surface area contributed by atoms with Crippen LogP contribution in [0.1, 0.15) is 20.3 Å². The largest absolute Gasteiger partial charge is 0.326 e. The van der Waals surface area contributed by atoms with Gasteiger partial charge >= 0.3 is 0 Å². The maximum Gasteiger partial charge on any atom is 0.231 e. The topological polar surface area (TPSA) is 46.2 Å². The van der Waals surface area contributed by atoms with Crippen molar-refractivity contribution < 1.29 is 9.59 Å². The number of nitrogens with one attached hydrogen (secondary N) is 1. The second kappa shape index (κ2) is 6.76. The van der Waals surface area contributed by atoms with E-state index in [1.165, 1.54) is 6.08 Å². The van der Waals surface area contributed by atoms with Gasteiger partial charge in [-0.05, 0) is 12.2 Å². The minimum atomic E-state index is -0.318. The lowest BCUT2D eigenvalue weighted by Gasteiger charge is -2.06. The number of amides is 1. The van der Waals surface area contributed by atoms with Crippen LogP contribution in [0.15, 0.2) is 37.1 Å². The summed E-state index contributed by atoms with van der Waals surface area (Å²) in [5, 5.41) is 2.57. The van der Waals surface area contributed by atoms with E-state index in [-0.39, 0.29) is 24.0 Å². The van der Waals surface area contributed by atoms with Gasteiger partial charge < -0.3 is 5.32 Å². The van der Waals surface area contributed by atoms with Crippen molar-refractivity contribution in [3.8, 4) is 0 Å². The molecule has 0 unspecified atom stereocenters. The molecule has 0 rings (SSSR count). The molecule has 0 spiro atoms. The Hall–Kier alpha value is -1.64. The highest BCUT2D eigenvalue weighted by Crippen LogP contribution is 2.00. The lowest BCUT2D eigenvalue weighted by atomic mass is 10.1. The summed E-state index contributed by atoms with van der Waals surface area (Å²) in [6.07, 6.45) is 4.56.